The summed E-state index contributed by atoms with van der Waals surface area (Å²) in [7, 11) is 0. The zero-order valence-corrected chi connectivity index (χ0v) is 11.2. The molecule has 3 nitrogen and oxygen atoms in total. The number of hydrogen-bond donors (Lipinski definition) is 1. The Morgan fingerprint density at radius 2 is 2.29 bits per heavy atom. The van der Waals surface area contributed by atoms with Crippen molar-refractivity contribution in [1.29, 1.82) is 0 Å². The van der Waals surface area contributed by atoms with Crippen LogP contribution in [0.3, 0.4) is 0 Å². The molecule has 0 aliphatic heterocycles. The molecule has 0 bridgehead atoms. The van der Waals surface area contributed by atoms with Crippen molar-refractivity contribution in [2.24, 2.45) is 0 Å². The molecule has 1 heterocycles. The Hall–Kier alpha value is -0.830. The zero-order chi connectivity index (χ0) is 12.1. The molecule has 1 N–H and O–H groups in total. The highest BCUT2D eigenvalue weighted by Crippen LogP contribution is 2.32. The normalized spacial score (nSPS) is 25.1. The van der Waals surface area contributed by atoms with Crippen molar-refractivity contribution in [2.75, 3.05) is 6.54 Å². The smallest absolute Gasteiger partial charge is 0.111 e. The van der Waals surface area contributed by atoms with Crippen LogP contribution in [0.5, 0.6) is 0 Å². The van der Waals surface area contributed by atoms with Crippen molar-refractivity contribution in [1.82, 2.24) is 14.9 Å². The van der Waals surface area contributed by atoms with Crippen molar-refractivity contribution >= 4 is 0 Å². The van der Waals surface area contributed by atoms with E-state index in [9.17, 15) is 0 Å². The highest BCUT2D eigenvalue weighted by molar-refractivity contribution is 5.03. The van der Waals surface area contributed by atoms with Crippen LogP contribution in [-0.4, -0.2) is 22.1 Å². The standard InChI is InChI=1S/C14H25N3/c1-3-9-17-10-8-16-14(17)12-6-5-7-13(11-12)15-4-2/h8,10,12-13,15H,3-7,9,11H2,1-2H3. The summed E-state index contributed by atoms with van der Waals surface area (Å²) >= 11 is 0. The number of imidazole rings is 1. The fourth-order valence-corrected chi connectivity index (χ4v) is 3.01. The second-order valence-corrected chi connectivity index (χ2v) is 5.10. The lowest BCUT2D eigenvalue weighted by molar-refractivity contribution is 0.330. The first-order valence-electron chi connectivity index (χ1n) is 7.09. The molecule has 1 aliphatic carbocycles. The molecule has 1 fully saturated rings. The van der Waals surface area contributed by atoms with Gasteiger partial charge in [0.2, 0.25) is 0 Å². The van der Waals surface area contributed by atoms with Crippen molar-refractivity contribution in [3.63, 3.8) is 0 Å². The molecule has 1 aliphatic rings. The molecule has 2 unspecified atom stereocenters. The lowest BCUT2D eigenvalue weighted by Gasteiger charge is -2.29. The van der Waals surface area contributed by atoms with Gasteiger partial charge >= 0.3 is 0 Å². The molecule has 3 heteroatoms. The summed E-state index contributed by atoms with van der Waals surface area (Å²) < 4.78 is 2.35. The van der Waals surface area contributed by atoms with Gasteiger partial charge in [0, 0.05) is 30.9 Å². The molecule has 0 spiro atoms. The lowest BCUT2D eigenvalue weighted by Crippen LogP contribution is -2.33. The summed E-state index contributed by atoms with van der Waals surface area (Å²) in [6.45, 7) is 6.62. The Labute approximate surface area is 105 Å². The van der Waals surface area contributed by atoms with E-state index in [1.54, 1.807) is 0 Å². The van der Waals surface area contributed by atoms with Gasteiger partial charge < -0.3 is 9.88 Å². The maximum absolute atomic E-state index is 4.59. The number of aryl methyl sites for hydroxylation is 1. The number of nitrogens with one attached hydrogen (secondary N) is 1. The van der Waals surface area contributed by atoms with E-state index in [1.165, 1.54) is 37.9 Å². The molecule has 96 valence electrons. The molecule has 0 aromatic carbocycles. The van der Waals surface area contributed by atoms with Crippen molar-refractivity contribution in [3.8, 4) is 0 Å². The van der Waals surface area contributed by atoms with Gasteiger partial charge in [0.1, 0.15) is 5.82 Å². The van der Waals surface area contributed by atoms with Gasteiger partial charge in [0.25, 0.3) is 0 Å². The minimum atomic E-state index is 0.661. The second-order valence-electron chi connectivity index (χ2n) is 5.10. The van der Waals surface area contributed by atoms with Gasteiger partial charge in [0.15, 0.2) is 0 Å². The van der Waals surface area contributed by atoms with Gasteiger partial charge in [-0.05, 0) is 32.2 Å². The molecule has 0 amide bonds. The van der Waals surface area contributed by atoms with Crippen LogP contribution < -0.4 is 5.32 Å². The average Bonchev–Trinajstić information content (AvgIpc) is 2.79. The van der Waals surface area contributed by atoms with Crippen molar-refractivity contribution in [3.05, 3.63) is 18.2 Å². The summed E-state index contributed by atoms with van der Waals surface area (Å²) in [6, 6.07) is 0.700. The molecular weight excluding hydrogens is 210 g/mol. The van der Waals surface area contributed by atoms with E-state index in [2.05, 4.69) is 34.9 Å². The molecule has 1 aromatic heterocycles. The minimum Gasteiger partial charge on any atom is -0.335 e. The van der Waals surface area contributed by atoms with Gasteiger partial charge in [-0.1, -0.05) is 20.3 Å². The maximum atomic E-state index is 4.59. The van der Waals surface area contributed by atoms with Crippen LogP contribution in [0, 0.1) is 0 Å². The summed E-state index contributed by atoms with van der Waals surface area (Å²) in [5.74, 6) is 1.98. The Kier molecular flexibility index (Phi) is 4.60. The molecule has 0 radical (unpaired) electrons. The Morgan fingerprint density at radius 3 is 3.06 bits per heavy atom. The zero-order valence-electron chi connectivity index (χ0n) is 11.2. The first-order chi connectivity index (χ1) is 8.35. The Morgan fingerprint density at radius 1 is 1.41 bits per heavy atom. The SMILES string of the molecule is CCCn1ccnc1C1CCCC(NCC)C1. The van der Waals surface area contributed by atoms with Gasteiger partial charge in [-0.2, -0.15) is 0 Å². The third-order valence-corrected chi connectivity index (χ3v) is 3.74. The Bertz CT molecular complexity index is 330. The van der Waals surface area contributed by atoms with E-state index in [4.69, 9.17) is 0 Å². The van der Waals surface area contributed by atoms with Crippen molar-refractivity contribution < 1.29 is 0 Å². The van der Waals surface area contributed by atoms with E-state index in [0.29, 0.717) is 12.0 Å². The van der Waals surface area contributed by atoms with Gasteiger partial charge in [-0.25, -0.2) is 4.98 Å². The van der Waals surface area contributed by atoms with Crippen molar-refractivity contribution in [2.45, 2.75) is 64.5 Å². The molecule has 2 rings (SSSR count). The summed E-state index contributed by atoms with van der Waals surface area (Å²) in [5.41, 5.74) is 0. The molecule has 1 saturated carbocycles. The van der Waals surface area contributed by atoms with Crippen LogP contribution in [0.15, 0.2) is 12.4 Å². The van der Waals surface area contributed by atoms with E-state index >= 15 is 0 Å². The van der Waals surface area contributed by atoms with Crippen LogP contribution >= 0.6 is 0 Å². The number of hydrogen-bond acceptors (Lipinski definition) is 2. The minimum absolute atomic E-state index is 0.661. The molecule has 17 heavy (non-hydrogen) atoms. The fraction of sp³-hybridized carbons (Fsp3) is 0.786. The predicted octanol–water partition coefficient (Wildman–Crippen LogP) is 2.93. The third-order valence-electron chi connectivity index (χ3n) is 3.74. The van der Waals surface area contributed by atoms with Crippen LogP contribution in [-0.2, 0) is 6.54 Å². The highest BCUT2D eigenvalue weighted by Gasteiger charge is 2.25. The summed E-state index contributed by atoms with van der Waals surface area (Å²) in [6.07, 6.45) is 10.5. The van der Waals surface area contributed by atoms with E-state index in [-0.39, 0.29) is 0 Å². The quantitative estimate of drug-likeness (QED) is 0.850. The average molecular weight is 235 g/mol. The largest absolute Gasteiger partial charge is 0.335 e. The summed E-state index contributed by atoms with van der Waals surface area (Å²) in [4.78, 5) is 4.59. The van der Waals surface area contributed by atoms with Crippen LogP contribution in [0.25, 0.3) is 0 Å². The fourth-order valence-electron chi connectivity index (χ4n) is 3.01. The lowest BCUT2D eigenvalue weighted by atomic mass is 9.85. The van der Waals surface area contributed by atoms with Gasteiger partial charge in [0.05, 0.1) is 0 Å². The van der Waals surface area contributed by atoms with Crippen LogP contribution in [0.4, 0.5) is 0 Å². The van der Waals surface area contributed by atoms with Crippen LogP contribution in [0.1, 0.15) is 57.7 Å². The molecule has 0 saturated heterocycles. The number of rotatable bonds is 5. The molecular formula is C14H25N3. The predicted molar refractivity (Wildman–Crippen MR) is 71.2 cm³/mol. The highest BCUT2D eigenvalue weighted by atomic mass is 15.1. The topological polar surface area (TPSA) is 29.9 Å². The molecule has 1 aromatic rings. The molecule has 2 atom stereocenters. The van der Waals surface area contributed by atoms with E-state index in [1.807, 2.05) is 6.20 Å². The number of aromatic nitrogens is 2. The third kappa shape index (κ3) is 3.09. The first-order valence-corrected chi connectivity index (χ1v) is 7.09. The maximum Gasteiger partial charge on any atom is 0.111 e. The monoisotopic (exact) mass is 235 g/mol. The van der Waals surface area contributed by atoms with Crippen LogP contribution in [0.2, 0.25) is 0 Å². The Balaban J connectivity index is 2.02. The van der Waals surface area contributed by atoms with E-state index in [0.717, 1.165) is 13.1 Å². The first kappa shape index (κ1) is 12.6. The number of nitrogens with zero attached hydrogens (tertiary/aromatic N) is 2. The van der Waals surface area contributed by atoms with E-state index < -0.39 is 0 Å². The van der Waals surface area contributed by atoms with Gasteiger partial charge in [-0.15, -0.1) is 0 Å². The second kappa shape index (κ2) is 6.20. The van der Waals surface area contributed by atoms with Gasteiger partial charge in [-0.3, -0.25) is 0 Å². The summed E-state index contributed by atoms with van der Waals surface area (Å²) in [5, 5.41) is 3.59.